The number of ether oxygens (including phenoxy) is 1. The fourth-order valence-electron chi connectivity index (χ4n) is 5.57. The Kier molecular flexibility index (Phi) is 9.34. The predicted octanol–water partition coefficient (Wildman–Crippen LogP) is 5.56. The summed E-state index contributed by atoms with van der Waals surface area (Å²) in [5.74, 6) is 0.122. The molecule has 3 atom stereocenters. The third-order valence-electron chi connectivity index (χ3n) is 7.27. The van der Waals surface area contributed by atoms with Gasteiger partial charge in [-0.05, 0) is 74.1 Å². The molecule has 2 heterocycles. The minimum absolute atomic E-state index is 0.00435. The Morgan fingerprint density at radius 2 is 1.87 bits per heavy atom. The van der Waals surface area contributed by atoms with Crippen LogP contribution < -0.4 is 0 Å². The molecule has 7 nitrogen and oxygen atoms in total. The maximum absolute atomic E-state index is 14.1. The molecule has 1 amide bonds. The van der Waals surface area contributed by atoms with E-state index in [0.29, 0.717) is 35.9 Å². The van der Waals surface area contributed by atoms with Gasteiger partial charge in [0.25, 0.3) is 0 Å². The molecule has 2 aliphatic heterocycles. The number of carbonyl (C=O) groups excluding carboxylic acids is 1. The molecule has 2 aliphatic rings. The fraction of sp³-hybridized carbons (Fsp3) is 0.536. The summed E-state index contributed by atoms with van der Waals surface area (Å²) >= 11 is 6.01. The lowest BCUT2D eigenvalue weighted by molar-refractivity contribution is 0.0306. The Hall–Kier alpha value is -2.20. The summed E-state index contributed by atoms with van der Waals surface area (Å²) in [5, 5.41) is 0.428. The molecule has 10 heteroatoms. The van der Waals surface area contributed by atoms with E-state index >= 15 is 0 Å². The lowest BCUT2D eigenvalue weighted by Crippen LogP contribution is -2.55. The number of rotatable bonds is 7. The second-order valence-corrected chi connectivity index (χ2v) is 13.0. The third kappa shape index (κ3) is 6.68. The van der Waals surface area contributed by atoms with Crippen molar-refractivity contribution in [2.75, 3.05) is 32.8 Å². The van der Waals surface area contributed by atoms with Crippen LogP contribution in [-0.2, 0) is 14.8 Å². The normalized spacial score (nSPS) is 23.5. The van der Waals surface area contributed by atoms with Crippen LogP contribution in [0.1, 0.15) is 51.6 Å². The molecule has 0 radical (unpaired) electrons. The molecule has 0 N–H and O–H groups in total. The number of halogens is 2. The minimum atomic E-state index is -4.00. The summed E-state index contributed by atoms with van der Waals surface area (Å²) in [7, 11) is -4.00. The van der Waals surface area contributed by atoms with E-state index in [-0.39, 0.29) is 17.5 Å². The molecule has 38 heavy (non-hydrogen) atoms. The third-order valence-corrected chi connectivity index (χ3v) is 9.50. The highest BCUT2D eigenvalue weighted by Crippen LogP contribution is 2.39. The summed E-state index contributed by atoms with van der Waals surface area (Å²) < 4.78 is 49.2. The largest absolute Gasteiger partial charge is 0.448 e. The van der Waals surface area contributed by atoms with Crippen LogP contribution in [0.4, 0.5) is 9.18 Å². The number of hydrogen-bond acceptors (Lipinski definition) is 5. The number of benzene rings is 2. The molecule has 2 fully saturated rings. The average Bonchev–Trinajstić information content (AvgIpc) is 2.87. The van der Waals surface area contributed by atoms with Gasteiger partial charge in [0.2, 0.25) is 10.0 Å². The van der Waals surface area contributed by atoms with Gasteiger partial charge >= 0.3 is 6.09 Å². The van der Waals surface area contributed by atoms with Crippen LogP contribution in [0.5, 0.6) is 0 Å². The van der Waals surface area contributed by atoms with E-state index in [1.807, 2.05) is 6.92 Å². The molecule has 0 bridgehead atoms. The highest BCUT2D eigenvalue weighted by atomic mass is 35.5. The Morgan fingerprint density at radius 1 is 1.13 bits per heavy atom. The van der Waals surface area contributed by atoms with Crippen molar-refractivity contribution >= 4 is 27.7 Å². The SMILES string of the molecule is CC(C)CN1CCN(C(=O)OC[C@H]2CCC[C@@H](c3cccc(F)c3)N2S(=O)(=O)c2ccc(Cl)cc2)C(C)C1. The summed E-state index contributed by atoms with van der Waals surface area (Å²) in [6.45, 7) is 9.38. The maximum Gasteiger partial charge on any atom is 0.410 e. The Balaban J connectivity index is 1.54. The van der Waals surface area contributed by atoms with Crippen molar-refractivity contribution in [3.8, 4) is 0 Å². The van der Waals surface area contributed by atoms with E-state index < -0.39 is 34.0 Å². The second-order valence-electron chi connectivity index (χ2n) is 10.7. The van der Waals surface area contributed by atoms with Crippen LogP contribution in [0.3, 0.4) is 0 Å². The van der Waals surface area contributed by atoms with E-state index in [4.69, 9.17) is 16.3 Å². The summed E-state index contributed by atoms with van der Waals surface area (Å²) in [6, 6.07) is 10.9. The smallest absolute Gasteiger partial charge is 0.410 e. The van der Waals surface area contributed by atoms with Crippen molar-refractivity contribution in [2.45, 2.75) is 63.1 Å². The van der Waals surface area contributed by atoms with Crippen LogP contribution in [0.2, 0.25) is 5.02 Å². The zero-order valence-electron chi connectivity index (χ0n) is 22.2. The van der Waals surface area contributed by atoms with Crippen LogP contribution >= 0.6 is 11.6 Å². The van der Waals surface area contributed by atoms with Crippen molar-refractivity contribution < 1.29 is 22.3 Å². The Bertz CT molecular complexity index is 1210. The number of hydrogen-bond donors (Lipinski definition) is 0. The number of carbonyl (C=O) groups is 1. The van der Waals surface area contributed by atoms with Gasteiger partial charge in [-0.1, -0.05) is 37.6 Å². The second kappa shape index (κ2) is 12.3. The molecule has 2 saturated heterocycles. The molecular weight excluding hydrogens is 529 g/mol. The molecule has 2 aromatic rings. The molecule has 4 rings (SSSR count). The van der Waals surface area contributed by atoms with Gasteiger partial charge in [0.15, 0.2) is 0 Å². The monoisotopic (exact) mass is 565 g/mol. The van der Waals surface area contributed by atoms with Gasteiger partial charge in [0.05, 0.1) is 17.0 Å². The first-order valence-electron chi connectivity index (χ1n) is 13.3. The zero-order valence-corrected chi connectivity index (χ0v) is 23.8. The summed E-state index contributed by atoms with van der Waals surface area (Å²) in [5.41, 5.74) is 0.577. The summed E-state index contributed by atoms with van der Waals surface area (Å²) in [4.78, 5) is 17.3. The average molecular weight is 566 g/mol. The number of piperidine rings is 1. The highest BCUT2D eigenvalue weighted by Gasteiger charge is 2.42. The van der Waals surface area contributed by atoms with Crippen LogP contribution in [0.25, 0.3) is 0 Å². The minimum Gasteiger partial charge on any atom is -0.448 e. The highest BCUT2D eigenvalue weighted by molar-refractivity contribution is 7.89. The molecule has 1 unspecified atom stereocenters. The van der Waals surface area contributed by atoms with Crippen LogP contribution in [0.15, 0.2) is 53.4 Å². The van der Waals surface area contributed by atoms with Crippen LogP contribution in [0, 0.1) is 11.7 Å². The molecular formula is C28H37ClFN3O4S. The van der Waals surface area contributed by atoms with Crippen LogP contribution in [-0.4, -0.2) is 73.5 Å². The number of nitrogens with zero attached hydrogens (tertiary/aromatic N) is 3. The number of piperazine rings is 1. The van der Waals surface area contributed by atoms with Crippen molar-refractivity contribution in [2.24, 2.45) is 5.92 Å². The zero-order chi connectivity index (χ0) is 27.4. The first-order chi connectivity index (χ1) is 18.1. The topological polar surface area (TPSA) is 70.2 Å². The van der Waals surface area contributed by atoms with Gasteiger partial charge in [0, 0.05) is 37.2 Å². The Morgan fingerprint density at radius 3 is 2.53 bits per heavy atom. The van der Waals surface area contributed by atoms with Crippen molar-refractivity contribution in [3.63, 3.8) is 0 Å². The van der Waals surface area contributed by atoms with Gasteiger partial charge in [-0.15, -0.1) is 0 Å². The predicted molar refractivity (Wildman–Crippen MR) is 146 cm³/mol. The van der Waals surface area contributed by atoms with Gasteiger partial charge in [-0.25, -0.2) is 17.6 Å². The van der Waals surface area contributed by atoms with E-state index in [0.717, 1.165) is 26.1 Å². The number of sulfonamides is 1. The molecule has 0 saturated carbocycles. The standard InChI is InChI=1S/C28H37ClFN3O4S/c1-20(2)17-31-14-15-32(21(3)18-31)28(34)37-19-25-8-5-9-27(22-6-4-7-24(30)16-22)33(25)38(35,36)26-12-10-23(29)11-13-26/h4,6-7,10-13,16,20-21,25,27H,5,8-9,14-15,17-19H2,1-3H3/t21?,25-,27+/m1/s1. The van der Waals surface area contributed by atoms with E-state index in [9.17, 15) is 17.6 Å². The van der Waals surface area contributed by atoms with Gasteiger partial charge in [-0.3, -0.25) is 4.90 Å². The van der Waals surface area contributed by atoms with Crippen molar-refractivity contribution in [1.29, 1.82) is 0 Å². The van der Waals surface area contributed by atoms with Gasteiger partial charge < -0.3 is 9.64 Å². The molecule has 0 aromatic heterocycles. The lowest BCUT2D eigenvalue weighted by atomic mass is 9.93. The molecule has 2 aromatic carbocycles. The maximum atomic E-state index is 14.1. The molecule has 208 valence electrons. The van der Waals surface area contributed by atoms with Gasteiger partial charge in [-0.2, -0.15) is 4.31 Å². The summed E-state index contributed by atoms with van der Waals surface area (Å²) in [6.07, 6.45) is 1.36. The Labute approximate surface area is 230 Å². The quantitative estimate of drug-likeness (QED) is 0.439. The van der Waals surface area contributed by atoms with Crippen molar-refractivity contribution in [1.82, 2.24) is 14.1 Å². The van der Waals surface area contributed by atoms with E-state index in [2.05, 4.69) is 18.7 Å². The first kappa shape index (κ1) is 28.8. The molecule has 0 aliphatic carbocycles. The van der Waals surface area contributed by atoms with E-state index in [1.165, 1.54) is 40.7 Å². The van der Waals surface area contributed by atoms with Crippen molar-refractivity contribution in [3.05, 3.63) is 64.9 Å². The lowest BCUT2D eigenvalue weighted by Gasteiger charge is -2.42. The first-order valence-corrected chi connectivity index (χ1v) is 15.1. The molecule has 0 spiro atoms. The van der Waals surface area contributed by atoms with Gasteiger partial charge in [0.1, 0.15) is 12.4 Å². The number of amides is 1. The van der Waals surface area contributed by atoms with E-state index in [1.54, 1.807) is 17.0 Å². The fourth-order valence-corrected chi connectivity index (χ4v) is 7.54.